The lowest BCUT2D eigenvalue weighted by Crippen LogP contribution is -2.11. The molecule has 0 radical (unpaired) electrons. The second-order valence-corrected chi connectivity index (χ2v) is 5.10. The highest BCUT2D eigenvalue weighted by atomic mass is 79.9. The molecule has 0 aliphatic rings. The van der Waals surface area contributed by atoms with Gasteiger partial charge in [0.2, 0.25) is 0 Å². The number of phenolic OH excluding ortho intramolecular Hbond substituents is 1. The highest BCUT2D eigenvalue weighted by Crippen LogP contribution is 2.26. The maximum atomic E-state index is 12.1. The van der Waals surface area contributed by atoms with Gasteiger partial charge in [-0.15, -0.1) is 0 Å². The second kappa shape index (κ2) is 6.95. The Hall–Kier alpha value is -2.27. The van der Waals surface area contributed by atoms with Crippen LogP contribution in [0.1, 0.15) is 10.4 Å². The van der Waals surface area contributed by atoms with Gasteiger partial charge in [0, 0.05) is 17.3 Å². The number of hydrogen-bond donors (Lipinski definition) is 2. The van der Waals surface area contributed by atoms with Crippen LogP contribution in [0.15, 0.2) is 59.6 Å². The Morgan fingerprint density at radius 3 is 2.81 bits per heavy atom. The number of halogens is 1. The fraction of sp³-hybridized carbons (Fsp3) is 0.0625. The molecule has 1 amide bonds. The molecule has 0 bridgehead atoms. The average Bonchev–Trinajstić information content (AvgIpc) is 2.46. The number of anilines is 1. The molecule has 2 rings (SSSR count). The van der Waals surface area contributed by atoms with Gasteiger partial charge < -0.3 is 15.2 Å². The molecule has 0 aliphatic carbocycles. The largest absolute Gasteiger partial charge is 0.508 e. The zero-order valence-corrected chi connectivity index (χ0v) is 12.8. The van der Waals surface area contributed by atoms with Gasteiger partial charge >= 0.3 is 0 Å². The molecule has 0 spiro atoms. The summed E-state index contributed by atoms with van der Waals surface area (Å²) in [6.45, 7) is 3.98. The standard InChI is InChI=1S/C16H14BrNO3/c1-2-8-21-15-7-6-11(9-14(15)17)16(20)18-12-4-3-5-13(19)10-12/h2-7,9-10,19H,1,8H2,(H,18,20). The van der Waals surface area contributed by atoms with E-state index in [-0.39, 0.29) is 11.7 Å². The van der Waals surface area contributed by atoms with Gasteiger partial charge in [-0.05, 0) is 46.3 Å². The highest BCUT2D eigenvalue weighted by Gasteiger charge is 2.09. The van der Waals surface area contributed by atoms with Crippen molar-refractivity contribution < 1.29 is 14.6 Å². The normalized spacial score (nSPS) is 9.95. The topological polar surface area (TPSA) is 58.6 Å². The fourth-order valence-electron chi connectivity index (χ4n) is 1.69. The minimum Gasteiger partial charge on any atom is -0.508 e. The van der Waals surface area contributed by atoms with Gasteiger partial charge in [-0.1, -0.05) is 18.7 Å². The Morgan fingerprint density at radius 2 is 2.14 bits per heavy atom. The monoisotopic (exact) mass is 347 g/mol. The third-order valence-corrected chi connectivity index (χ3v) is 3.27. The lowest BCUT2D eigenvalue weighted by molar-refractivity contribution is 0.102. The van der Waals surface area contributed by atoms with Crippen molar-refractivity contribution in [2.24, 2.45) is 0 Å². The van der Waals surface area contributed by atoms with Gasteiger partial charge in [-0.2, -0.15) is 0 Å². The Bertz CT molecular complexity index is 670. The number of nitrogens with one attached hydrogen (secondary N) is 1. The minimum atomic E-state index is -0.267. The van der Waals surface area contributed by atoms with Crippen LogP contribution >= 0.6 is 15.9 Å². The highest BCUT2D eigenvalue weighted by molar-refractivity contribution is 9.10. The molecular weight excluding hydrogens is 334 g/mol. The van der Waals surface area contributed by atoms with Crippen LogP contribution in [0.2, 0.25) is 0 Å². The van der Waals surface area contributed by atoms with Gasteiger partial charge in [-0.25, -0.2) is 0 Å². The van der Waals surface area contributed by atoms with E-state index in [9.17, 15) is 9.90 Å². The number of rotatable bonds is 5. The first kappa shape index (κ1) is 15.1. The molecule has 2 aromatic carbocycles. The predicted octanol–water partition coefficient (Wildman–Crippen LogP) is 3.97. The molecule has 0 atom stereocenters. The summed E-state index contributed by atoms with van der Waals surface area (Å²) in [5.41, 5.74) is 1.01. The number of phenols is 1. The quantitative estimate of drug-likeness (QED) is 0.804. The summed E-state index contributed by atoms with van der Waals surface area (Å²) < 4.78 is 6.11. The van der Waals surface area contributed by atoms with E-state index >= 15 is 0 Å². The van der Waals surface area contributed by atoms with Crippen molar-refractivity contribution in [2.75, 3.05) is 11.9 Å². The molecule has 4 nitrogen and oxygen atoms in total. The maximum Gasteiger partial charge on any atom is 0.255 e. The van der Waals surface area contributed by atoms with Crippen LogP contribution in [0.25, 0.3) is 0 Å². The third-order valence-electron chi connectivity index (χ3n) is 2.65. The van der Waals surface area contributed by atoms with Gasteiger partial charge in [-0.3, -0.25) is 4.79 Å². The van der Waals surface area contributed by atoms with E-state index < -0.39 is 0 Å². The Balaban J connectivity index is 2.12. The van der Waals surface area contributed by atoms with Crippen LogP contribution in [0.4, 0.5) is 5.69 Å². The molecule has 0 unspecified atom stereocenters. The van der Waals surface area contributed by atoms with E-state index in [1.807, 2.05) is 0 Å². The summed E-state index contributed by atoms with van der Waals surface area (Å²) in [6, 6.07) is 11.4. The number of aromatic hydroxyl groups is 1. The van der Waals surface area contributed by atoms with Crippen LogP contribution in [0, 0.1) is 0 Å². The number of carbonyl (C=O) groups excluding carboxylic acids is 1. The Morgan fingerprint density at radius 1 is 1.33 bits per heavy atom. The van der Waals surface area contributed by atoms with Crippen molar-refractivity contribution in [3.63, 3.8) is 0 Å². The van der Waals surface area contributed by atoms with Crippen LogP contribution in [-0.2, 0) is 0 Å². The molecule has 0 fully saturated rings. The van der Waals surface area contributed by atoms with Gasteiger partial charge in [0.15, 0.2) is 0 Å². The van der Waals surface area contributed by atoms with Crippen molar-refractivity contribution in [3.8, 4) is 11.5 Å². The zero-order chi connectivity index (χ0) is 15.2. The molecule has 0 saturated carbocycles. The number of ether oxygens (including phenoxy) is 1. The molecule has 0 heterocycles. The summed E-state index contributed by atoms with van der Waals surface area (Å²) in [4.78, 5) is 12.1. The number of hydrogen-bond acceptors (Lipinski definition) is 3. The molecule has 2 N–H and O–H groups in total. The van der Waals surface area contributed by atoms with E-state index in [1.165, 1.54) is 12.1 Å². The first-order chi connectivity index (χ1) is 10.1. The van der Waals surface area contributed by atoms with Crippen LogP contribution in [-0.4, -0.2) is 17.6 Å². The summed E-state index contributed by atoms with van der Waals surface area (Å²) in [7, 11) is 0. The molecule has 0 saturated heterocycles. The van der Waals surface area contributed by atoms with Gasteiger partial charge in [0.1, 0.15) is 18.1 Å². The molecule has 108 valence electrons. The van der Waals surface area contributed by atoms with Gasteiger partial charge in [0.05, 0.1) is 4.47 Å². The smallest absolute Gasteiger partial charge is 0.255 e. The lowest BCUT2D eigenvalue weighted by atomic mass is 10.2. The van der Waals surface area contributed by atoms with E-state index in [1.54, 1.807) is 36.4 Å². The van der Waals surface area contributed by atoms with Gasteiger partial charge in [0.25, 0.3) is 5.91 Å². The van der Waals surface area contributed by atoms with Crippen molar-refractivity contribution in [1.82, 2.24) is 0 Å². The van der Waals surface area contributed by atoms with E-state index in [4.69, 9.17) is 4.74 Å². The van der Waals surface area contributed by atoms with Crippen LogP contribution < -0.4 is 10.1 Å². The number of amides is 1. The summed E-state index contributed by atoms with van der Waals surface area (Å²) in [6.07, 6.45) is 1.65. The average molecular weight is 348 g/mol. The Kier molecular flexibility index (Phi) is 5.00. The molecule has 21 heavy (non-hydrogen) atoms. The van der Waals surface area contributed by atoms with Crippen LogP contribution in [0.3, 0.4) is 0 Å². The fourth-order valence-corrected chi connectivity index (χ4v) is 2.19. The van der Waals surface area contributed by atoms with Crippen molar-refractivity contribution >= 4 is 27.5 Å². The summed E-state index contributed by atoms with van der Waals surface area (Å²) in [5, 5.41) is 12.1. The number of benzene rings is 2. The predicted molar refractivity (Wildman–Crippen MR) is 85.9 cm³/mol. The zero-order valence-electron chi connectivity index (χ0n) is 11.2. The van der Waals surface area contributed by atoms with E-state index in [2.05, 4.69) is 27.8 Å². The first-order valence-electron chi connectivity index (χ1n) is 6.24. The van der Waals surface area contributed by atoms with Crippen LogP contribution in [0.5, 0.6) is 11.5 Å². The van der Waals surface area contributed by atoms with E-state index in [0.29, 0.717) is 28.1 Å². The molecule has 2 aromatic rings. The SMILES string of the molecule is C=CCOc1ccc(C(=O)Nc2cccc(O)c2)cc1Br. The van der Waals surface area contributed by atoms with Crippen molar-refractivity contribution in [1.29, 1.82) is 0 Å². The summed E-state index contributed by atoms with van der Waals surface area (Å²) in [5.74, 6) is 0.475. The molecular formula is C16H14BrNO3. The van der Waals surface area contributed by atoms with Crippen molar-refractivity contribution in [2.45, 2.75) is 0 Å². The van der Waals surface area contributed by atoms with Crippen molar-refractivity contribution in [3.05, 3.63) is 65.2 Å². The maximum absolute atomic E-state index is 12.1. The number of carbonyl (C=O) groups is 1. The van der Waals surface area contributed by atoms with E-state index in [0.717, 1.165) is 0 Å². The second-order valence-electron chi connectivity index (χ2n) is 4.25. The first-order valence-corrected chi connectivity index (χ1v) is 7.03. The molecule has 0 aliphatic heterocycles. The third kappa shape index (κ3) is 4.10. The Labute approximate surface area is 131 Å². The molecule has 5 heteroatoms. The minimum absolute atomic E-state index is 0.0992. The molecule has 0 aromatic heterocycles. The lowest BCUT2D eigenvalue weighted by Gasteiger charge is -2.09. The summed E-state index contributed by atoms with van der Waals surface area (Å²) >= 11 is 3.36.